The van der Waals surface area contributed by atoms with Gasteiger partial charge in [0.05, 0.1) is 17.9 Å². The first-order chi connectivity index (χ1) is 12.9. The summed E-state index contributed by atoms with van der Waals surface area (Å²) in [6.07, 6.45) is 10.4. The van der Waals surface area contributed by atoms with Crippen LogP contribution in [0.1, 0.15) is 95.8 Å². The van der Waals surface area contributed by atoms with Gasteiger partial charge in [0, 0.05) is 28.9 Å². The molecule has 0 saturated carbocycles. The van der Waals surface area contributed by atoms with E-state index in [1.807, 2.05) is 0 Å². The Morgan fingerprint density at radius 3 is 1.47 bits per heavy atom. The fourth-order valence-electron chi connectivity index (χ4n) is 2.95. The topological polar surface area (TPSA) is 132 Å². The normalized spacial score (nSPS) is 9.50. The van der Waals surface area contributed by atoms with E-state index in [0.717, 1.165) is 31.4 Å². The Kier molecular flexibility index (Phi) is 23.4. The van der Waals surface area contributed by atoms with Crippen LogP contribution in [0.4, 0.5) is 5.69 Å². The van der Waals surface area contributed by atoms with Crippen LogP contribution in [-0.2, 0) is 0 Å². The minimum absolute atomic E-state index is 0. The third-order valence-electron chi connectivity index (χ3n) is 4.39. The smallest absolute Gasteiger partial charge is 0.545 e. The van der Waals surface area contributed by atoms with Gasteiger partial charge in [-0.1, -0.05) is 58.3 Å². The first-order valence-electron chi connectivity index (χ1n) is 9.44. The number of benzene rings is 1. The van der Waals surface area contributed by atoms with E-state index in [4.69, 9.17) is 0 Å². The van der Waals surface area contributed by atoms with E-state index in [2.05, 4.69) is 12.2 Å². The van der Waals surface area contributed by atoms with E-state index in [1.54, 1.807) is 0 Å². The predicted octanol–water partition coefficient (Wildman–Crippen LogP) is -8.27. The molecule has 0 aromatic heterocycles. The Balaban J connectivity index is -0.00000243. The van der Waals surface area contributed by atoms with Crippen molar-refractivity contribution >= 4 is 23.6 Å². The second-order valence-electron chi connectivity index (χ2n) is 6.56. The first kappa shape index (κ1) is 35.0. The van der Waals surface area contributed by atoms with Gasteiger partial charge in [0.1, 0.15) is 0 Å². The molecule has 0 saturated heterocycles. The van der Waals surface area contributed by atoms with Crippen molar-refractivity contribution < 1.29 is 118 Å². The van der Waals surface area contributed by atoms with Crippen molar-refractivity contribution in [2.75, 3.05) is 11.9 Å². The van der Waals surface area contributed by atoms with Crippen LogP contribution in [0.25, 0.3) is 0 Å². The zero-order valence-electron chi connectivity index (χ0n) is 18.7. The largest absolute Gasteiger partial charge is 1.00 e. The van der Waals surface area contributed by atoms with Crippen molar-refractivity contribution in [2.24, 2.45) is 0 Å². The number of unbranched alkanes of at least 4 members (excludes halogenated alkanes) is 8. The van der Waals surface area contributed by atoms with E-state index in [1.165, 1.54) is 38.5 Å². The van der Waals surface area contributed by atoms with Gasteiger partial charge < -0.3 is 35.0 Å². The van der Waals surface area contributed by atoms with Crippen molar-refractivity contribution in [3.8, 4) is 0 Å². The molecule has 0 radical (unpaired) electrons. The average Bonchev–Trinajstić information content (AvgIpc) is 2.62. The van der Waals surface area contributed by atoms with Gasteiger partial charge in [-0.15, -0.1) is 0 Å². The molecule has 0 aliphatic carbocycles. The van der Waals surface area contributed by atoms with Gasteiger partial charge in [0.15, 0.2) is 0 Å². The molecule has 0 atom stereocenters. The standard InChI is InChI=1S/C20H29NO6.3Na/c1-2-3-4-5-6-7-8-9-10-11-21-14-12-15(18(22)23)17(20(26)27)16(13-14)19(24)25;;;/h12-13,21H,2-11H2,1H3,(H,22,23)(H,24,25)(H,26,27);;;/q;3*+1/p-3. The van der Waals surface area contributed by atoms with Gasteiger partial charge in [0.25, 0.3) is 0 Å². The fraction of sp³-hybridized carbons (Fsp3) is 0.550. The summed E-state index contributed by atoms with van der Waals surface area (Å²) in [5.74, 6) is -5.48. The molecule has 0 bridgehead atoms. The molecular formula is C20H26NNa3O6. The molecule has 10 heteroatoms. The average molecular weight is 445 g/mol. The summed E-state index contributed by atoms with van der Waals surface area (Å²) in [5.41, 5.74) is -2.24. The number of hydrogen-bond donors (Lipinski definition) is 1. The van der Waals surface area contributed by atoms with Crippen LogP contribution in [0.15, 0.2) is 12.1 Å². The molecule has 0 unspecified atom stereocenters. The second-order valence-corrected chi connectivity index (χ2v) is 6.56. The number of carbonyl (C=O) groups is 3. The Morgan fingerprint density at radius 1 is 0.700 bits per heavy atom. The quantitative estimate of drug-likeness (QED) is 0.222. The van der Waals surface area contributed by atoms with Crippen molar-refractivity contribution in [3.05, 3.63) is 28.8 Å². The van der Waals surface area contributed by atoms with Crippen LogP contribution in [0.5, 0.6) is 0 Å². The van der Waals surface area contributed by atoms with E-state index < -0.39 is 34.6 Å². The zero-order valence-corrected chi connectivity index (χ0v) is 24.7. The van der Waals surface area contributed by atoms with E-state index in [9.17, 15) is 29.7 Å². The molecule has 1 N–H and O–H groups in total. The Morgan fingerprint density at radius 2 is 1.10 bits per heavy atom. The molecule has 0 amide bonds. The summed E-state index contributed by atoms with van der Waals surface area (Å²) >= 11 is 0. The van der Waals surface area contributed by atoms with Crippen molar-refractivity contribution in [1.29, 1.82) is 0 Å². The maximum atomic E-state index is 11.2. The summed E-state index contributed by atoms with van der Waals surface area (Å²) in [5, 5.41) is 36.3. The van der Waals surface area contributed by atoms with Crippen LogP contribution < -0.4 is 109 Å². The third kappa shape index (κ3) is 13.1. The van der Waals surface area contributed by atoms with Gasteiger partial charge in [0.2, 0.25) is 0 Å². The molecular weight excluding hydrogens is 419 g/mol. The van der Waals surface area contributed by atoms with Crippen molar-refractivity contribution in [1.82, 2.24) is 0 Å². The molecule has 30 heavy (non-hydrogen) atoms. The van der Waals surface area contributed by atoms with Gasteiger partial charge in [-0.2, -0.15) is 0 Å². The molecule has 1 aromatic rings. The molecule has 1 rings (SSSR count). The van der Waals surface area contributed by atoms with Crippen LogP contribution >= 0.6 is 0 Å². The summed E-state index contributed by atoms with van der Waals surface area (Å²) in [6.45, 7) is 2.70. The van der Waals surface area contributed by atoms with Crippen molar-refractivity contribution in [2.45, 2.75) is 64.7 Å². The Labute approximate surface area is 244 Å². The maximum Gasteiger partial charge on any atom is 1.00 e. The molecule has 1 aromatic carbocycles. The van der Waals surface area contributed by atoms with Gasteiger partial charge in [-0.05, 0) is 18.6 Å². The number of hydrogen-bond acceptors (Lipinski definition) is 7. The van der Waals surface area contributed by atoms with Crippen LogP contribution in [0.2, 0.25) is 0 Å². The SMILES string of the molecule is CCCCCCCCCCCNc1cc(C(=O)[O-])c(C(=O)[O-])c(C(=O)[O-])c1.[Na+].[Na+].[Na+]. The number of carboxylic acid groups (broad SMARTS) is 3. The molecule has 0 heterocycles. The number of aromatic carboxylic acids is 3. The van der Waals surface area contributed by atoms with Gasteiger partial charge in [-0.25, -0.2) is 0 Å². The van der Waals surface area contributed by atoms with E-state index in [0.29, 0.717) is 6.54 Å². The molecule has 7 nitrogen and oxygen atoms in total. The summed E-state index contributed by atoms with van der Waals surface area (Å²) in [4.78, 5) is 33.4. The van der Waals surface area contributed by atoms with Gasteiger partial charge >= 0.3 is 88.7 Å². The molecule has 0 aliphatic rings. The van der Waals surface area contributed by atoms with Crippen molar-refractivity contribution in [3.63, 3.8) is 0 Å². The Hall–Kier alpha value is 0.430. The molecule has 0 spiro atoms. The Bertz CT molecular complexity index is 635. The summed E-state index contributed by atoms with van der Waals surface area (Å²) < 4.78 is 0. The summed E-state index contributed by atoms with van der Waals surface area (Å²) in [7, 11) is 0. The van der Waals surface area contributed by atoms with Crippen LogP contribution in [-0.4, -0.2) is 24.5 Å². The van der Waals surface area contributed by atoms with Crippen LogP contribution in [0.3, 0.4) is 0 Å². The maximum absolute atomic E-state index is 11.2. The fourth-order valence-corrected chi connectivity index (χ4v) is 2.95. The van der Waals surface area contributed by atoms with E-state index >= 15 is 0 Å². The van der Waals surface area contributed by atoms with Crippen LogP contribution in [0, 0.1) is 0 Å². The number of anilines is 1. The summed E-state index contributed by atoms with van der Waals surface area (Å²) in [6, 6.07) is 2.08. The zero-order chi connectivity index (χ0) is 20.2. The first-order valence-corrected chi connectivity index (χ1v) is 9.44. The number of carbonyl (C=O) groups excluding carboxylic acids is 3. The number of nitrogens with one attached hydrogen (secondary N) is 1. The number of rotatable bonds is 14. The molecule has 0 aliphatic heterocycles. The molecule has 150 valence electrons. The minimum atomic E-state index is -1.90. The monoisotopic (exact) mass is 445 g/mol. The second kappa shape index (κ2) is 20.1. The van der Waals surface area contributed by atoms with Gasteiger partial charge in [-0.3, -0.25) is 0 Å². The van der Waals surface area contributed by atoms with E-state index in [-0.39, 0.29) is 94.4 Å². The predicted molar refractivity (Wildman–Crippen MR) is 95.2 cm³/mol. The third-order valence-corrected chi connectivity index (χ3v) is 4.39. The minimum Gasteiger partial charge on any atom is -0.545 e. The number of carboxylic acids is 3. The molecule has 0 fully saturated rings.